The quantitative estimate of drug-likeness (QED) is 0.841. The highest BCUT2D eigenvalue weighted by molar-refractivity contribution is 5.04. The van der Waals surface area contributed by atoms with Crippen molar-refractivity contribution in [1.29, 1.82) is 5.26 Å². The van der Waals surface area contributed by atoms with Crippen LogP contribution >= 0.6 is 0 Å². The first kappa shape index (κ1) is 11.6. The van der Waals surface area contributed by atoms with Gasteiger partial charge in [0.25, 0.3) is 0 Å². The maximum atomic E-state index is 12.1. The molecule has 0 radical (unpaired) electrons. The summed E-state index contributed by atoms with van der Waals surface area (Å²) in [5, 5.41) is 10.8. The Balaban J connectivity index is 2.34. The summed E-state index contributed by atoms with van der Waals surface area (Å²) in [5.41, 5.74) is 0.744. The maximum absolute atomic E-state index is 12.1. The third-order valence-electron chi connectivity index (χ3n) is 1.81. The largest absolute Gasteiger partial charge is 0.472 e. The van der Waals surface area contributed by atoms with Crippen molar-refractivity contribution in [1.82, 2.24) is 5.32 Å². The van der Waals surface area contributed by atoms with Crippen LogP contribution in [0.25, 0.3) is 0 Å². The number of nitrogens with zero attached hydrogens (tertiary/aromatic N) is 1. The fourth-order valence-corrected chi connectivity index (χ4v) is 0.989. The molecular formula is C9H9F3N2O. The van der Waals surface area contributed by atoms with Crippen molar-refractivity contribution in [3.8, 4) is 6.07 Å². The molecule has 1 unspecified atom stereocenters. The van der Waals surface area contributed by atoms with Crippen LogP contribution in [0.4, 0.5) is 13.2 Å². The molecule has 6 heteroatoms. The molecule has 1 rings (SSSR count). The minimum Gasteiger partial charge on any atom is -0.472 e. The summed E-state index contributed by atoms with van der Waals surface area (Å²) in [6.07, 6.45) is -1.61. The molecule has 0 fully saturated rings. The van der Waals surface area contributed by atoms with Gasteiger partial charge in [0.2, 0.25) is 0 Å². The number of halogens is 3. The predicted molar refractivity (Wildman–Crippen MR) is 45.6 cm³/mol. The Morgan fingerprint density at radius 1 is 1.53 bits per heavy atom. The second-order valence-electron chi connectivity index (χ2n) is 2.99. The van der Waals surface area contributed by atoms with E-state index < -0.39 is 18.6 Å². The van der Waals surface area contributed by atoms with Gasteiger partial charge >= 0.3 is 6.18 Å². The Bertz CT molecular complexity index is 326. The van der Waals surface area contributed by atoms with E-state index in [0.717, 1.165) is 5.56 Å². The molecule has 1 heterocycles. The molecule has 0 aliphatic rings. The number of hydrogen-bond donors (Lipinski definition) is 1. The number of rotatable bonds is 4. The van der Waals surface area contributed by atoms with Crippen LogP contribution in [0.15, 0.2) is 23.0 Å². The van der Waals surface area contributed by atoms with Gasteiger partial charge in [0.15, 0.2) is 5.92 Å². The average molecular weight is 218 g/mol. The van der Waals surface area contributed by atoms with Crippen LogP contribution in [0, 0.1) is 17.2 Å². The summed E-state index contributed by atoms with van der Waals surface area (Å²) in [4.78, 5) is 0. The van der Waals surface area contributed by atoms with E-state index in [-0.39, 0.29) is 6.54 Å². The van der Waals surface area contributed by atoms with Crippen LogP contribution in [-0.2, 0) is 6.54 Å². The molecule has 0 saturated carbocycles. The Kier molecular flexibility index (Phi) is 3.74. The third-order valence-corrected chi connectivity index (χ3v) is 1.81. The minimum atomic E-state index is -4.47. The van der Waals surface area contributed by atoms with E-state index in [1.165, 1.54) is 18.6 Å². The normalized spacial score (nSPS) is 13.5. The smallest absolute Gasteiger partial charge is 0.405 e. The number of alkyl halides is 3. The molecule has 0 bridgehead atoms. The van der Waals surface area contributed by atoms with Crippen LogP contribution in [0.1, 0.15) is 5.56 Å². The fraction of sp³-hybridized carbons (Fsp3) is 0.444. The molecule has 1 N–H and O–H groups in total. The second-order valence-corrected chi connectivity index (χ2v) is 2.99. The lowest BCUT2D eigenvalue weighted by Gasteiger charge is -2.13. The van der Waals surface area contributed by atoms with Gasteiger partial charge in [0.1, 0.15) is 0 Å². The molecular weight excluding hydrogens is 209 g/mol. The summed E-state index contributed by atoms with van der Waals surface area (Å²) in [6.45, 7) is -0.157. The number of nitrogens with one attached hydrogen (secondary N) is 1. The number of furan rings is 1. The van der Waals surface area contributed by atoms with Gasteiger partial charge in [-0.05, 0) is 6.07 Å². The van der Waals surface area contributed by atoms with Crippen LogP contribution in [0.3, 0.4) is 0 Å². The van der Waals surface area contributed by atoms with Crippen molar-refractivity contribution < 1.29 is 17.6 Å². The van der Waals surface area contributed by atoms with Crippen LogP contribution < -0.4 is 5.32 Å². The highest BCUT2D eigenvalue weighted by Gasteiger charge is 2.39. The van der Waals surface area contributed by atoms with Gasteiger partial charge < -0.3 is 9.73 Å². The molecule has 0 spiro atoms. The Morgan fingerprint density at radius 2 is 2.27 bits per heavy atom. The summed E-state index contributed by atoms with van der Waals surface area (Å²) >= 11 is 0. The molecule has 82 valence electrons. The van der Waals surface area contributed by atoms with Gasteiger partial charge in [0, 0.05) is 18.7 Å². The molecule has 1 aromatic rings. The first-order valence-electron chi connectivity index (χ1n) is 4.22. The lowest BCUT2D eigenvalue weighted by atomic mass is 10.1. The van der Waals surface area contributed by atoms with Crippen molar-refractivity contribution in [2.45, 2.75) is 12.7 Å². The zero-order valence-corrected chi connectivity index (χ0v) is 7.71. The van der Waals surface area contributed by atoms with Gasteiger partial charge in [-0.25, -0.2) is 0 Å². The number of hydrogen-bond acceptors (Lipinski definition) is 3. The first-order valence-corrected chi connectivity index (χ1v) is 4.22. The highest BCUT2D eigenvalue weighted by Crippen LogP contribution is 2.24. The van der Waals surface area contributed by atoms with Crippen molar-refractivity contribution in [3.63, 3.8) is 0 Å². The van der Waals surface area contributed by atoms with Crippen LogP contribution in [-0.4, -0.2) is 12.7 Å². The lowest BCUT2D eigenvalue weighted by molar-refractivity contribution is -0.157. The van der Waals surface area contributed by atoms with E-state index in [1.807, 2.05) is 0 Å². The molecule has 1 atom stereocenters. The SMILES string of the molecule is N#CC(CNCc1ccoc1)C(F)(F)F. The van der Waals surface area contributed by atoms with E-state index in [2.05, 4.69) is 5.32 Å². The van der Waals surface area contributed by atoms with Crippen molar-refractivity contribution in [2.75, 3.05) is 6.54 Å². The van der Waals surface area contributed by atoms with Crippen molar-refractivity contribution >= 4 is 0 Å². The first-order chi connectivity index (χ1) is 7.04. The molecule has 15 heavy (non-hydrogen) atoms. The Labute approximate surface area is 84.5 Å². The van der Waals surface area contributed by atoms with Gasteiger partial charge in [-0.1, -0.05) is 0 Å². The Morgan fingerprint density at radius 3 is 2.73 bits per heavy atom. The summed E-state index contributed by atoms with van der Waals surface area (Å²) < 4.78 is 41.1. The van der Waals surface area contributed by atoms with E-state index in [4.69, 9.17) is 9.68 Å². The summed E-state index contributed by atoms with van der Waals surface area (Å²) in [7, 11) is 0. The van der Waals surface area contributed by atoms with Crippen LogP contribution in [0.5, 0.6) is 0 Å². The standard InChI is InChI=1S/C9H9F3N2O/c10-9(11,12)8(3-13)5-14-4-7-1-2-15-6-7/h1-2,6,8,14H,4-5H2. The van der Waals surface area contributed by atoms with Crippen LogP contribution in [0.2, 0.25) is 0 Å². The minimum absolute atomic E-state index is 0.255. The van der Waals surface area contributed by atoms with Crippen molar-refractivity contribution in [3.05, 3.63) is 24.2 Å². The topological polar surface area (TPSA) is 49.0 Å². The second kappa shape index (κ2) is 4.84. The molecule has 3 nitrogen and oxygen atoms in total. The molecule has 1 aromatic heterocycles. The predicted octanol–water partition coefficient (Wildman–Crippen LogP) is 2.07. The fourth-order valence-electron chi connectivity index (χ4n) is 0.989. The van der Waals surface area contributed by atoms with E-state index in [0.29, 0.717) is 0 Å². The molecule has 0 aliphatic heterocycles. The van der Waals surface area contributed by atoms with Gasteiger partial charge in [0.05, 0.1) is 18.6 Å². The van der Waals surface area contributed by atoms with Gasteiger partial charge in [-0.3, -0.25) is 0 Å². The van der Waals surface area contributed by atoms with Crippen molar-refractivity contribution in [2.24, 2.45) is 5.92 Å². The highest BCUT2D eigenvalue weighted by atomic mass is 19.4. The van der Waals surface area contributed by atoms with E-state index in [1.54, 1.807) is 6.07 Å². The molecule has 0 aliphatic carbocycles. The zero-order chi connectivity index (χ0) is 11.3. The van der Waals surface area contributed by atoms with E-state index in [9.17, 15) is 13.2 Å². The average Bonchev–Trinajstić information content (AvgIpc) is 2.62. The zero-order valence-electron chi connectivity index (χ0n) is 7.71. The Hall–Kier alpha value is -1.48. The molecule has 0 saturated heterocycles. The monoisotopic (exact) mass is 218 g/mol. The van der Waals surface area contributed by atoms with Gasteiger partial charge in [-0.2, -0.15) is 18.4 Å². The number of nitriles is 1. The summed E-state index contributed by atoms with van der Waals surface area (Å²) in [5.74, 6) is -1.97. The third kappa shape index (κ3) is 3.64. The summed E-state index contributed by atoms with van der Waals surface area (Å²) in [6, 6.07) is 2.85. The lowest BCUT2D eigenvalue weighted by Crippen LogP contribution is -2.32. The maximum Gasteiger partial charge on any atom is 0.405 e. The molecule has 0 aromatic carbocycles. The van der Waals surface area contributed by atoms with E-state index >= 15 is 0 Å². The molecule has 0 amide bonds. The van der Waals surface area contributed by atoms with Gasteiger partial charge in [-0.15, -0.1) is 0 Å².